The molecule has 2 aromatic carbocycles. The number of allylic oxidation sites excluding steroid dienone is 3. The number of ether oxygens (including phenoxy) is 2. The first-order valence-corrected chi connectivity index (χ1v) is 10.5. The number of benzene rings is 2. The van der Waals surface area contributed by atoms with Crippen LogP contribution in [-0.2, 0) is 0 Å². The van der Waals surface area contributed by atoms with Crippen molar-refractivity contribution in [3.63, 3.8) is 0 Å². The third-order valence-electron chi connectivity index (χ3n) is 5.27. The van der Waals surface area contributed by atoms with Gasteiger partial charge in [0.2, 0.25) is 0 Å². The lowest BCUT2D eigenvalue weighted by Gasteiger charge is -2.12. The second kappa shape index (κ2) is 10.2. The van der Waals surface area contributed by atoms with Crippen LogP contribution in [0.4, 0.5) is 0 Å². The van der Waals surface area contributed by atoms with Crippen molar-refractivity contribution in [3.05, 3.63) is 81.7 Å². The van der Waals surface area contributed by atoms with Gasteiger partial charge in [0, 0.05) is 17.0 Å². The molecular weight excluding hydrogens is 388 g/mol. The number of hydrogen-bond donors (Lipinski definition) is 0. The van der Waals surface area contributed by atoms with Crippen LogP contribution in [0.3, 0.4) is 0 Å². The summed E-state index contributed by atoms with van der Waals surface area (Å²) in [4.78, 5) is 12.3. The van der Waals surface area contributed by atoms with E-state index in [-0.39, 0.29) is 5.63 Å². The number of aryl methyl sites for hydroxylation is 1. The monoisotopic (exact) mass is 418 g/mol. The van der Waals surface area contributed by atoms with Crippen LogP contribution in [0.2, 0.25) is 0 Å². The van der Waals surface area contributed by atoms with E-state index >= 15 is 0 Å². The van der Waals surface area contributed by atoms with Gasteiger partial charge < -0.3 is 13.9 Å². The van der Waals surface area contributed by atoms with Gasteiger partial charge in [-0.05, 0) is 82.0 Å². The van der Waals surface area contributed by atoms with Crippen LogP contribution in [0.15, 0.2) is 75.0 Å². The van der Waals surface area contributed by atoms with Crippen LogP contribution < -0.4 is 15.1 Å². The van der Waals surface area contributed by atoms with E-state index in [2.05, 4.69) is 32.9 Å². The van der Waals surface area contributed by atoms with Gasteiger partial charge in [0.15, 0.2) is 0 Å². The van der Waals surface area contributed by atoms with E-state index in [1.165, 1.54) is 17.2 Å². The summed E-state index contributed by atoms with van der Waals surface area (Å²) in [5.74, 6) is 1.49. The Morgan fingerprint density at radius 3 is 2.45 bits per heavy atom. The second-order valence-corrected chi connectivity index (χ2v) is 7.95. The fourth-order valence-corrected chi connectivity index (χ4v) is 3.47. The van der Waals surface area contributed by atoms with Crippen LogP contribution in [0, 0.1) is 6.92 Å². The van der Waals surface area contributed by atoms with Gasteiger partial charge in [-0.3, -0.25) is 0 Å². The van der Waals surface area contributed by atoms with Crippen molar-refractivity contribution in [2.45, 2.75) is 40.5 Å². The average Bonchev–Trinajstić information content (AvgIpc) is 2.75. The van der Waals surface area contributed by atoms with Crippen LogP contribution in [0.5, 0.6) is 11.5 Å². The maximum atomic E-state index is 12.3. The molecule has 1 aromatic heterocycles. The zero-order valence-electron chi connectivity index (χ0n) is 19.0. The summed E-state index contributed by atoms with van der Waals surface area (Å²) in [6, 6.07) is 13.1. The molecule has 0 unspecified atom stereocenters. The predicted octanol–water partition coefficient (Wildman–Crippen LogP) is 6.85. The van der Waals surface area contributed by atoms with Crippen LogP contribution >= 0.6 is 0 Å². The molecule has 0 aliphatic rings. The normalized spacial score (nSPS) is 11.5. The number of hydrogen-bond acceptors (Lipinski definition) is 4. The molecule has 0 aliphatic heterocycles. The highest BCUT2D eigenvalue weighted by atomic mass is 16.5. The fraction of sp³-hybridized carbons (Fsp3) is 0.296. The van der Waals surface area contributed by atoms with Gasteiger partial charge in [0.1, 0.15) is 23.7 Å². The molecule has 31 heavy (non-hydrogen) atoms. The SMILES string of the molecule is COc1ccc(-c2cc(=O)oc3c(C)c(OC/C=C(/C)CCC=C(C)C)ccc23)cc1. The summed E-state index contributed by atoms with van der Waals surface area (Å²) < 4.78 is 16.8. The minimum Gasteiger partial charge on any atom is -0.497 e. The molecule has 1 heterocycles. The molecule has 0 atom stereocenters. The lowest BCUT2D eigenvalue weighted by Crippen LogP contribution is -2.02. The first-order chi connectivity index (χ1) is 14.9. The smallest absolute Gasteiger partial charge is 0.336 e. The Kier molecular flexibility index (Phi) is 7.35. The summed E-state index contributed by atoms with van der Waals surface area (Å²) in [5.41, 5.74) is 5.39. The summed E-state index contributed by atoms with van der Waals surface area (Å²) in [6.07, 6.45) is 6.41. The zero-order chi connectivity index (χ0) is 22.4. The lowest BCUT2D eigenvalue weighted by atomic mass is 10.00. The van der Waals surface area contributed by atoms with Crippen molar-refractivity contribution >= 4 is 11.0 Å². The molecule has 0 aliphatic carbocycles. The maximum Gasteiger partial charge on any atom is 0.336 e. The van der Waals surface area contributed by atoms with Crippen molar-refractivity contribution in [1.29, 1.82) is 0 Å². The molecular formula is C27H30O4. The summed E-state index contributed by atoms with van der Waals surface area (Å²) >= 11 is 0. The van der Waals surface area contributed by atoms with Crippen LogP contribution in [0.25, 0.3) is 22.1 Å². The van der Waals surface area contributed by atoms with E-state index in [0.717, 1.165) is 46.4 Å². The molecule has 162 valence electrons. The third kappa shape index (κ3) is 5.66. The summed E-state index contributed by atoms with van der Waals surface area (Å²) in [7, 11) is 1.63. The van der Waals surface area contributed by atoms with Crippen LogP contribution in [0.1, 0.15) is 39.2 Å². The Morgan fingerprint density at radius 2 is 1.77 bits per heavy atom. The highest BCUT2D eigenvalue weighted by Gasteiger charge is 2.13. The van der Waals surface area contributed by atoms with Gasteiger partial charge in [-0.25, -0.2) is 4.79 Å². The van der Waals surface area contributed by atoms with Gasteiger partial charge in [-0.1, -0.05) is 29.4 Å². The molecule has 3 aromatic rings. The van der Waals surface area contributed by atoms with Crippen molar-refractivity contribution in [2.24, 2.45) is 0 Å². The number of methoxy groups -OCH3 is 1. The highest BCUT2D eigenvalue weighted by Crippen LogP contribution is 2.33. The Hall–Kier alpha value is -3.27. The first kappa shape index (κ1) is 22.4. The fourth-order valence-electron chi connectivity index (χ4n) is 3.47. The van der Waals surface area contributed by atoms with E-state index in [1.54, 1.807) is 7.11 Å². The molecule has 0 saturated heterocycles. The molecule has 0 fully saturated rings. The quantitative estimate of drug-likeness (QED) is 0.296. The van der Waals surface area contributed by atoms with Gasteiger partial charge in [-0.15, -0.1) is 0 Å². The van der Waals surface area contributed by atoms with E-state index in [1.807, 2.05) is 43.3 Å². The van der Waals surface area contributed by atoms with E-state index in [9.17, 15) is 4.79 Å². The van der Waals surface area contributed by atoms with E-state index in [4.69, 9.17) is 13.9 Å². The van der Waals surface area contributed by atoms with Gasteiger partial charge in [0.05, 0.1) is 7.11 Å². The molecule has 4 heteroatoms. The van der Waals surface area contributed by atoms with E-state index < -0.39 is 0 Å². The molecule has 0 radical (unpaired) electrons. The third-order valence-corrected chi connectivity index (χ3v) is 5.27. The Morgan fingerprint density at radius 1 is 1.03 bits per heavy atom. The molecule has 0 spiro atoms. The lowest BCUT2D eigenvalue weighted by molar-refractivity contribution is 0.358. The zero-order valence-corrected chi connectivity index (χ0v) is 19.0. The van der Waals surface area contributed by atoms with Gasteiger partial charge in [-0.2, -0.15) is 0 Å². The Labute approximate surface area is 183 Å². The van der Waals surface area contributed by atoms with E-state index in [0.29, 0.717) is 12.2 Å². The minimum absolute atomic E-state index is 0.381. The Balaban J connectivity index is 1.85. The first-order valence-electron chi connectivity index (χ1n) is 10.5. The molecule has 0 bridgehead atoms. The van der Waals surface area contributed by atoms with Crippen molar-refractivity contribution < 1.29 is 13.9 Å². The Bertz CT molecular complexity index is 1160. The number of rotatable bonds is 8. The molecule has 0 amide bonds. The number of fused-ring (bicyclic) bond motifs is 1. The average molecular weight is 419 g/mol. The molecule has 3 rings (SSSR count). The van der Waals surface area contributed by atoms with Crippen molar-refractivity contribution in [1.82, 2.24) is 0 Å². The van der Waals surface area contributed by atoms with Gasteiger partial charge >= 0.3 is 5.63 Å². The highest BCUT2D eigenvalue weighted by molar-refractivity contribution is 5.95. The second-order valence-electron chi connectivity index (χ2n) is 7.95. The topological polar surface area (TPSA) is 48.7 Å². The molecule has 0 saturated carbocycles. The van der Waals surface area contributed by atoms with Gasteiger partial charge in [0.25, 0.3) is 0 Å². The van der Waals surface area contributed by atoms with Crippen LogP contribution in [-0.4, -0.2) is 13.7 Å². The maximum absolute atomic E-state index is 12.3. The minimum atomic E-state index is -0.381. The molecule has 4 nitrogen and oxygen atoms in total. The molecule has 0 N–H and O–H groups in total. The summed E-state index contributed by atoms with van der Waals surface area (Å²) in [6.45, 7) is 8.75. The summed E-state index contributed by atoms with van der Waals surface area (Å²) in [5, 5.41) is 0.878. The predicted molar refractivity (Wildman–Crippen MR) is 127 cm³/mol. The van der Waals surface area contributed by atoms with Crippen molar-refractivity contribution in [2.75, 3.05) is 13.7 Å². The standard InChI is InChI=1S/C27H30O4/c1-18(2)7-6-8-19(3)15-16-30-25-14-13-23-24(17-26(28)31-27(23)20(25)4)21-9-11-22(29-5)12-10-21/h7,9-15,17H,6,8,16H2,1-5H3/b19-15-. The van der Waals surface area contributed by atoms with Crippen molar-refractivity contribution in [3.8, 4) is 22.6 Å². The largest absolute Gasteiger partial charge is 0.497 e.